The first kappa shape index (κ1) is 7.00. The van der Waals surface area contributed by atoms with Crippen LogP contribution in [0.2, 0.25) is 0 Å². The van der Waals surface area contributed by atoms with Crippen molar-refractivity contribution in [1.82, 2.24) is 0 Å². The molecule has 0 bridgehead atoms. The van der Waals surface area contributed by atoms with E-state index in [0.29, 0.717) is 0 Å². The van der Waals surface area contributed by atoms with Gasteiger partial charge in [0.25, 0.3) is 0 Å². The molecule has 0 radical (unpaired) electrons. The van der Waals surface area contributed by atoms with Crippen molar-refractivity contribution in [1.29, 1.82) is 0 Å². The first-order valence-electron chi connectivity index (χ1n) is 3.80. The second kappa shape index (κ2) is 3.16. The van der Waals surface area contributed by atoms with E-state index in [9.17, 15) is 4.39 Å². The number of halogens is 1. The van der Waals surface area contributed by atoms with E-state index in [1.54, 1.807) is 0 Å². The minimum Gasteiger partial charge on any atom is -0.332 e. The quantitative estimate of drug-likeness (QED) is 0.540. The molecule has 1 heterocycles. The molecule has 1 rings (SSSR count). The Morgan fingerprint density at radius 1 is 1.67 bits per heavy atom. The second-order valence-corrected chi connectivity index (χ2v) is 2.84. The summed E-state index contributed by atoms with van der Waals surface area (Å²) in [5.74, 6) is 0. The van der Waals surface area contributed by atoms with Crippen LogP contribution >= 0.6 is 0 Å². The fraction of sp³-hybridized carbons (Fsp3) is 1.00. The topological polar surface area (TPSA) is 4.44 Å². The van der Waals surface area contributed by atoms with Crippen molar-refractivity contribution in [3.05, 3.63) is 0 Å². The molecule has 1 saturated heterocycles. The predicted octanol–water partition coefficient (Wildman–Crippen LogP) is 0.0231. The van der Waals surface area contributed by atoms with Crippen molar-refractivity contribution in [2.45, 2.75) is 25.9 Å². The van der Waals surface area contributed by atoms with Gasteiger partial charge >= 0.3 is 0 Å². The molecule has 0 saturated carbocycles. The zero-order chi connectivity index (χ0) is 6.69. The Hall–Kier alpha value is -0.110. The van der Waals surface area contributed by atoms with Crippen molar-refractivity contribution in [3.8, 4) is 0 Å². The van der Waals surface area contributed by atoms with Gasteiger partial charge in [0.1, 0.15) is 6.54 Å². The van der Waals surface area contributed by atoms with Crippen LogP contribution in [0.1, 0.15) is 19.8 Å². The van der Waals surface area contributed by atoms with Crippen molar-refractivity contribution >= 4 is 0 Å². The molecule has 54 valence electrons. The zero-order valence-electron chi connectivity index (χ0n) is 5.99. The number of quaternary nitrogens is 1. The van der Waals surface area contributed by atoms with Gasteiger partial charge in [0, 0.05) is 6.42 Å². The number of hydrogen-bond donors (Lipinski definition) is 1. The fourth-order valence-electron chi connectivity index (χ4n) is 1.46. The molecular weight excluding hydrogens is 117 g/mol. The highest BCUT2D eigenvalue weighted by Gasteiger charge is 2.24. The maximum atomic E-state index is 12.5. The number of likely N-dealkylation sites (tertiary alicyclic amines) is 1. The maximum absolute atomic E-state index is 12.5. The Balaban J connectivity index is 2.14. The van der Waals surface area contributed by atoms with Crippen LogP contribution in [0.15, 0.2) is 0 Å². The van der Waals surface area contributed by atoms with Gasteiger partial charge in [-0.05, 0) is 6.42 Å². The lowest BCUT2D eigenvalue weighted by atomic mass is 10.3. The van der Waals surface area contributed by atoms with Gasteiger partial charge in [0.15, 0.2) is 6.17 Å². The molecule has 0 aromatic carbocycles. The van der Waals surface area contributed by atoms with Crippen molar-refractivity contribution in [2.24, 2.45) is 0 Å². The van der Waals surface area contributed by atoms with Gasteiger partial charge in [0.05, 0.1) is 13.1 Å². The van der Waals surface area contributed by atoms with E-state index in [1.165, 1.54) is 11.3 Å². The summed E-state index contributed by atoms with van der Waals surface area (Å²) in [5, 5.41) is 0. The van der Waals surface area contributed by atoms with E-state index < -0.39 is 6.17 Å². The summed E-state index contributed by atoms with van der Waals surface area (Å²) in [7, 11) is 0. The lowest BCUT2D eigenvalue weighted by Gasteiger charge is -2.08. The van der Waals surface area contributed by atoms with Crippen LogP contribution in [0.3, 0.4) is 0 Å². The molecular formula is C7H15FN+. The van der Waals surface area contributed by atoms with E-state index in [2.05, 4.69) is 6.92 Å². The minimum atomic E-state index is -0.508. The Bertz CT molecular complexity index is 83.0. The van der Waals surface area contributed by atoms with Crippen LogP contribution < -0.4 is 4.90 Å². The molecule has 0 aliphatic carbocycles. The van der Waals surface area contributed by atoms with Crippen molar-refractivity contribution in [3.63, 3.8) is 0 Å². The van der Waals surface area contributed by atoms with Crippen LogP contribution in [0.4, 0.5) is 4.39 Å². The first-order valence-corrected chi connectivity index (χ1v) is 3.80. The fourth-order valence-corrected chi connectivity index (χ4v) is 1.46. The summed E-state index contributed by atoms with van der Waals surface area (Å²) < 4.78 is 12.5. The van der Waals surface area contributed by atoms with Crippen LogP contribution in [0, 0.1) is 0 Å². The summed E-state index contributed by atoms with van der Waals surface area (Å²) in [6.07, 6.45) is 1.46. The Labute approximate surface area is 55.8 Å². The number of nitrogens with one attached hydrogen (secondary N) is 1. The van der Waals surface area contributed by atoms with E-state index in [0.717, 1.165) is 26.1 Å². The van der Waals surface area contributed by atoms with Gasteiger partial charge in [-0.2, -0.15) is 0 Å². The van der Waals surface area contributed by atoms with E-state index in [1.807, 2.05) is 0 Å². The van der Waals surface area contributed by atoms with Crippen LogP contribution in [-0.2, 0) is 0 Å². The molecule has 2 atom stereocenters. The smallest absolute Gasteiger partial charge is 0.154 e. The molecule has 2 unspecified atom stereocenters. The average molecular weight is 132 g/mol. The SMILES string of the molecule is CCC[NH+]1CCC(F)C1. The molecule has 1 fully saturated rings. The highest BCUT2D eigenvalue weighted by atomic mass is 19.1. The van der Waals surface area contributed by atoms with Gasteiger partial charge in [-0.15, -0.1) is 0 Å². The molecule has 2 heteroatoms. The summed E-state index contributed by atoms with van der Waals surface area (Å²) >= 11 is 0. The van der Waals surface area contributed by atoms with Crippen molar-refractivity contribution < 1.29 is 9.29 Å². The lowest BCUT2D eigenvalue weighted by Crippen LogP contribution is -3.10. The highest BCUT2D eigenvalue weighted by molar-refractivity contribution is 4.57. The molecule has 9 heavy (non-hydrogen) atoms. The third kappa shape index (κ3) is 1.94. The molecule has 0 aromatic heterocycles. The van der Waals surface area contributed by atoms with Crippen LogP contribution in [0.25, 0.3) is 0 Å². The number of rotatable bonds is 2. The maximum Gasteiger partial charge on any atom is 0.154 e. The third-order valence-corrected chi connectivity index (χ3v) is 1.92. The summed E-state index contributed by atoms with van der Waals surface area (Å²) in [4.78, 5) is 1.45. The Morgan fingerprint density at radius 2 is 2.44 bits per heavy atom. The minimum absolute atomic E-state index is 0.508. The van der Waals surface area contributed by atoms with Gasteiger partial charge in [-0.25, -0.2) is 4.39 Å². The van der Waals surface area contributed by atoms with Crippen molar-refractivity contribution in [2.75, 3.05) is 19.6 Å². The average Bonchev–Trinajstić information content (AvgIpc) is 2.17. The lowest BCUT2D eigenvalue weighted by molar-refractivity contribution is -0.888. The molecule has 1 nitrogen and oxygen atoms in total. The Morgan fingerprint density at radius 3 is 2.89 bits per heavy atom. The second-order valence-electron chi connectivity index (χ2n) is 2.84. The summed E-state index contributed by atoms with van der Waals surface area (Å²) in [5.41, 5.74) is 0. The molecule has 0 amide bonds. The standard InChI is InChI=1S/C7H14FN/c1-2-4-9-5-3-7(8)6-9/h7H,2-6H2,1H3/p+1. The highest BCUT2D eigenvalue weighted by Crippen LogP contribution is 1.96. The largest absolute Gasteiger partial charge is 0.332 e. The van der Waals surface area contributed by atoms with Crippen LogP contribution in [-0.4, -0.2) is 25.8 Å². The molecule has 1 aliphatic heterocycles. The van der Waals surface area contributed by atoms with E-state index >= 15 is 0 Å². The summed E-state index contributed by atoms with van der Waals surface area (Å²) in [6.45, 7) is 5.11. The summed E-state index contributed by atoms with van der Waals surface area (Å²) in [6, 6.07) is 0. The van der Waals surface area contributed by atoms with E-state index in [-0.39, 0.29) is 0 Å². The molecule has 1 aliphatic rings. The Kier molecular flexibility index (Phi) is 2.46. The van der Waals surface area contributed by atoms with Crippen LogP contribution in [0.5, 0.6) is 0 Å². The third-order valence-electron chi connectivity index (χ3n) is 1.92. The number of hydrogen-bond acceptors (Lipinski definition) is 0. The van der Waals surface area contributed by atoms with Gasteiger partial charge in [0.2, 0.25) is 0 Å². The first-order chi connectivity index (χ1) is 4.33. The molecule has 0 aromatic rings. The molecule has 1 N–H and O–H groups in total. The van der Waals surface area contributed by atoms with Gasteiger partial charge in [-0.1, -0.05) is 6.92 Å². The zero-order valence-corrected chi connectivity index (χ0v) is 5.99. The number of alkyl halides is 1. The normalized spacial score (nSPS) is 35.3. The predicted molar refractivity (Wildman–Crippen MR) is 35.4 cm³/mol. The van der Waals surface area contributed by atoms with Gasteiger partial charge in [-0.3, -0.25) is 0 Å². The molecule has 0 spiro atoms. The van der Waals surface area contributed by atoms with E-state index in [4.69, 9.17) is 0 Å². The monoisotopic (exact) mass is 132 g/mol. The van der Waals surface area contributed by atoms with Gasteiger partial charge < -0.3 is 4.90 Å².